The molecule has 0 bridgehead atoms. The molecule has 0 fully saturated rings. The molecule has 1 atom stereocenters. The molecular weight excluding hydrogens is 168 g/mol. The molecule has 0 radical (unpaired) electrons. The van der Waals surface area contributed by atoms with Gasteiger partial charge in [0.15, 0.2) is 0 Å². The molecule has 68 valence electrons. The predicted molar refractivity (Wildman–Crippen MR) is 59.8 cm³/mol. The van der Waals surface area contributed by atoms with E-state index in [1.807, 2.05) is 0 Å². The number of allylic oxidation sites excluding steroid dienone is 11. The van der Waals surface area contributed by atoms with Crippen molar-refractivity contribution in [2.75, 3.05) is 0 Å². The van der Waals surface area contributed by atoms with Crippen LogP contribution in [0.4, 0.5) is 0 Å². The second-order valence-corrected chi connectivity index (χ2v) is 3.89. The van der Waals surface area contributed by atoms with Crippen LogP contribution < -0.4 is 0 Å². The van der Waals surface area contributed by atoms with E-state index in [-0.39, 0.29) is 0 Å². The molecule has 0 saturated heterocycles. The molecule has 0 N–H and O–H groups in total. The summed E-state index contributed by atoms with van der Waals surface area (Å²) in [6.07, 6.45) is 16.3. The average Bonchev–Trinajstić information content (AvgIpc) is 2.55. The third-order valence-electron chi connectivity index (χ3n) is 3.14. The van der Waals surface area contributed by atoms with Gasteiger partial charge in [0.25, 0.3) is 0 Å². The lowest BCUT2D eigenvalue weighted by Crippen LogP contribution is -1.98. The summed E-state index contributed by atoms with van der Waals surface area (Å²) in [6, 6.07) is 0. The second kappa shape index (κ2) is 2.71. The number of hydrogen-bond donors (Lipinski definition) is 0. The Morgan fingerprint density at radius 2 is 2.14 bits per heavy atom. The van der Waals surface area contributed by atoms with Crippen LogP contribution in [0, 0.1) is 5.92 Å². The molecule has 0 saturated carbocycles. The van der Waals surface area contributed by atoms with E-state index >= 15 is 0 Å². The molecule has 0 aliphatic heterocycles. The highest BCUT2D eigenvalue weighted by atomic mass is 14.3. The van der Waals surface area contributed by atoms with E-state index < -0.39 is 0 Å². The van der Waals surface area contributed by atoms with E-state index in [0.717, 1.165) is 6.42 Å². The van der Waals surface area contributed by atoms with E-state index in [4.69, 9.17) is 0 Å². The fourth-order valence-electron chi connectivity index (χ4n) is 2.44. The average molecular weight is 180 g/mol. The van der Waals surface area contributed by atoms with Crippen molar-refractivity contribution in [3.8, 4) is 0 Å². The van der Waals surface area contributed by atoms with Crippen molar-refractivity contribution < 1.29 is 0 Å². The fraction of sp³-hybridized carbons (Fsp3) is 0.143. The number of rotatable bonds is 0. The van der Waals surface area contributed by atoms with Gasteiger partial charge in [-0.15, -0.1) is 0 Å². The first-order chi connectivity index (χ1) is 6.88. The summed E-state index contributed by atoms with van der Waals surface area (Å²) in [5, 5.41) is 0. The van der Waals surface area contributed by atoms with Crippen molar-refractivity contribution in [1.82, 2.24) is 0 Å². The Hall–Kier alpha value is -1.56. The van der Waals surface area contributed by atoms with Crippen molar-refractivity contribution in [2.45, 2.75) is 6.42 Å². The quantitative estimate of drug-likeness (QED) is 0.535. The smallest absolute Gasteiger partial charge is 0.0275 e. The van der Waals surface area contributed by atoms with Crippen molar-refractivity contribution in [1.29, 1.82) is 0 Å². The Kier molecular flexibility index (Phi) is 1.51. The highest BCUT2D eigenvalue weighted by molar-refractivity contribution is 5.66. The first kappa shape index (κ1) is 7.81. The van der Waals surface area contributed by atoms with Crippen LogP contribution >= 0.6 is 0 Å². The van der Waals surface area contributed by atoms with Gasteiger partial charge in [0.2, 0.25) is 0 Å². The number of hydrogen-bond acceptors (Lipinski definition) is 0. The maximum absolute atomic E-state index is 4.19. The summed E-state index contributed by atoms with van der Waals surface area (Å²) in [6.45, 7) is 4.19. The molecular formula is C14H12. The van der Waals surface area contributed by atoms with Crippen LogP contribution in [0.15, 0.2) is 71.4 Å². The summed E-state index contributed by atoms with van der Waals surface area (Å²) in [5.41, 5.74) is 5.56. The molecule has 1 unspecified atom stereocenters. The normalized spacial score (nSPS) is 27.9. The third-order valence-corrected chi connectivity index (χ3v) is 3.14. The van der Waals surface area contributed by atoms with Gasteiger partial charge in [-0.1, -0.05) is 49.1 Å². The van der Waals surface area contributed by atoms with Gasteiger partial charge in [-0.05, 0) is 28.7 Å². The Morgan fingerprint density at radius 1 is 1.21 bits per heavy atom. The van der Waals surface area contributed by atoms with Crippen molar-refractivity contribution in [2.24, 2.45) is 5.92 Å². The Bertz CT molecular complexity index is 450. The molecule has 3 aliphatic rings. The standard InChI is InChI=1S/C14H12/c1-10-11-6-2-4-8-13(11)14-9-5-3-7-12(10)14/h2-8,11H,1,9H2. The molecule has 0 heteroatoms. The van der Waals surface area contributed by atoms with Crippen LogP contribution in [-0.4, -0.2) is 0 Å². The predicted octanol–water partition coefficient (Wildman–Crippen LogP) is 3.48. The lowest BCUT2D eigenvalue weighted by Gasteiger charge is -2.11. The van der Waals surface area contributed by atoms with Crippen molar-refractivity contribution in [3.05, 3.63) is 71.4 Å². The first-order valence-corrected chi connectivity index (χ1v) is 5.02. The van der Waals surface area contributed by atoms with Gasteiger partial charge >= 0.3 is 0 Å². The van der Waals surface area contributed by atoms with E-state index in [1.165, 1.54) is 22.3 Å². The van der Waals surface area contributed by atoms with Gasteiger partial charge in [0.1, 0.15) is 0 Å². The van der Waals surface area contributed by atoms with E-state index in [2.05, 4.69) is 49.1 Å². The van der Waals surface area contributed by atoms with Gasteiger partial charge in [0, 0.05) is 5.92 Å². The zero-order chi connectivity index (χ0) is 9.54. The van der Waals surface area contributed by atoms with Crippen LogP contribution in [0.3, 0.4) is 0 Å². The minimum atomic E-state index is 0.446. The van der Waals surface area contributed by atoms with Gasteiger partial charge in [0.05, 0.1) is 0 Å². The SMILES string of the molecule is C=C1C2=CC=CCC2=C2C=CC=CC12. The van der Waals surface area contributed by atoms with Gasteiger partial charge in [-0.25, -0.2) is 0 Å². The number of fused-ring (bicyclic) bond motifs is 2. The molecule has 0 aromatic rings. The minimum absolute atomic E-state index is 0.446. The summed E-state index contributed by atoms with van der Waals surface area (Å²) in [4.78, 5) is 0. The highest BCUT2D eigenvalue weighted by Crippen LogP contribution is 2.45. The highest BCUT2D eigenvalue weighted by Gasteiger charge is 2.30. The van der Waals surface area contributed by atoms with Crippen LogP contribution in [-0.2, 0) is 0 Å². The van der Waals surface area contributed by atoms with Crippen LogP contribution in [0.5, 0.6) is 0 Å². The van der Waals surface area contributed by atoms with Gasteiger partial charge < -0.3 is 0 Å². The maximum atomic E-state index is 4.19. The molecule has 0 spiro atoms. The monoisotopic (exact) mass is 180 g/mol. The molecule has 14 heavy (non-hydrogen) atoms. The topological polar surface area (TPSA) is 0 Å². The summed E-state index contributed by atoms with van der Waals surface area (Å²) >= 11 is 0. The molecule has 0 amide bonds. The first-order valence-electron chi connectivity index (χ1n) is 5.02. The maximum Gasteiger partial charge on any atom is 0.0275 e. The van der Waals surface area contributed by atoms with Crippen LogP contribution in [0.1, 0.15) is 6.42 Å². The molecule has 0 aromatic carbocycles. The molecule has 3 aliphatic carbocycles. The second-order valence-electron chi connectivity index (χ2n) is 3.89. The third kappa shape index (κ3) is 0.884. The summed E-state index contributed by atoms with van der Waals surface area (Å²) < 4.78 is 0. The van der Waals surface area contributed by atoms with Crippen molar-refractivity contribution >= 4 is 0 Å². The summed E-state index contributed by atoms with van der Waals surface area (Å²) in [5.74, 6) is 0.446. The zero-order valence-corrected chi connectivity index (χ0v) is 8.03. The minimum Gasteiger partial charge on any atom is -0.0943 e. The lowest BCUT2D eigenvalue weighted by atomic mass is 9.93. The molecule has 0 heterocycles. The van der Waals surface area contributed by atoms with Crippen molar-refractivity contribution in [3.63, 3.8) is 0 Å². The van der Waals surface area contributed by atoms with E-state index in [0.29, 0.717) is 5.92 Å². The Labute approximate surface area is 84.3 Å². The zero-order valence-electron chi connectivity index (χ0n) is 8.03. The fourth-order valence-corrected chi connectivity index (χ4v) is 2.44. The van der Waals surface area contributed by atoms with Crippen LogP contribution in [0.2, 0.25) is 0 Å². The molecule has 3 rings (SSSR count). The van der Waals surface area contributed by atoms with E-state index in [1.54, 1.807) is 0 Å². The Balaban J connectivity index is 2.21. The lowest BCUT2D eigenvalue weighted by molar-refractivity contribution is 0.972. The van der Waals surface area contributed by atoms with E-state index in [9.17, 15) is 0 Å². The largest absolute Gasteiger partial charge is 0.0943 e. The van der Waals surface area contributed by atoms with Crippen LogP contribution in [0.25, 0.3) is 0 Å². The molecule has 0 nitrogen and oxygen atoms in total. The van der Waals surface area contributed by atoms with Gasteiger partial charge in [-0.3, -0.25) is 0 Å². The Morgan fingerprint density at radius 3 is 3.07 bits per heavy atom. The summed E-state index contributed by atoms with van der Waals surface area (Å²) in [7, 11) is 0. The molecule has 0 aromatic heterocycles. The van der Waals surface area contributed by atoms with Gasteiger partial charge in [-0.2, -0.15) is 0 Å².